The van der Waals surface area contributed by atoms with Crippen molar-refractivity contribution in [3.8, 4) is 28.7 Å². The number of sulfonamides is 1. The molecule has 1 aromatic heterocycles. The minimum Gasteiger partial charge on any atom is -0.496 e. The zero-order valence-corrected chi connectivity index (χ0v) is 17.2. The van der Waals surface area contributed by atoms with E-state index in [4.69, 9.17) is 9.15 Å². The van der Waals surface area contributed by atoms with Crippen LogP contribution >= 0.6 is 0 Å². The number of hydrogen-bond acceptors (Lipinski definition) is 6. The van der Waals surface area contributed by atoms with Gasteiger partial charge in [-0.2, -0.15) is 4.31 Å². The molecular formula is C20H23N3O4S. The first-order chi connectivity index (χ1) is 13.4. The van der Waals surface area contributed by atoms with E-state index in [0.717, 1.165) is 0 Å². The Morgan fingerprint density at radius 1 is 1.04 bits per heavy atom. The van der Waals surface area contributed by atoms with E-state index in [9.17, 15) is 8.42 Å². The third-order valence-electron chi connectivity index (χ3n) is 4.52. The maximum Gasteiger partial charge on any atom is 0.251 e. The molecule has 0 aliphatic heterocycles. The molecule has 0 N–H and O–H groups in total. The highest BCUT2D eigenvalue weighted by atomic mass is 32.2. The molecule has 1 heterocycles. The van der Waals surface area contributed by atoms with Crippen molar-refractivity contribution in [2.75, 3.05) is 20.2 Å². The smallest absolute Gasteiger partial charge is 0.251 e. The maximum atomic E-state index is 13.0. The van der Waals surface area contributed by atoms with E-state index in [-0.39, 0.29) is 10.8 Å². The largest absolute Gasteiger partial charge is 0.496 e. The van der Waals surface area contributed by atoms with E-state index in [1.54, 1.807) is 38.3 Å². The zero-order chi connectivity index (χ0) is 20.3. The van der Waals surface area contributed by atoms with E-state index in [1.807, 2.05) is 32.0 Å². The van der Waals surface area contributed by atoms with Gasteiger partial charge in [-0.1, -0.05) is 32.0 Å². The lowest BCUT2D eigenvalue weighted by Gasteiger charge is -2.20. The molecule has 3 aromatic rings. The van der Waals surface area contributed by atoms with Crippen molar-refractivity contribution in [1.29, 1.82) is 0 Å². The Morgan fingerprint density at radius 2 is 1.71 bits per heavy atom. The van der Waals surface area contributed by atoms with Gasteiger partial charge < -0.3 is 9.15 Å². The third-order valence-corrected chi connectivity index (χ3v) is 6.71. The summed E-state index contributed by atoms with van der Waals surface area (Å²) in [6.45, 7) is 6.21. The maximum absolute atomic E-state index is 13.0. The second-order valence-corrected chi connectivity index (χ2v) is 8.09. The Labute approximate surface area is 165 Å². The number of para-hydroxylation sites is 1. The van der Waals surface area contributed by atoms with Gasteiger partial charge in [0.1, 0.15) is 5.75 Å². The summed E-state index contributed by atoms with van der Waals surface area (Å²) in [6.07, 6.45) is 0. The standard InChI is InChI=1S/C20H23N3O4S/c1-5-23(6-2)28(24,25)18-13-15(12-11-14(18)3)19-21-22-20(27-19)16-9-7-8-10-17(16)26-4/h7-13H,5-6H2,1-4H3. The summed E-state index contributed by atoms with van der Waals surface area (Å²) in [7, 11) is -2.03. The predicted octanol–water partition coefficient (Wildman–Crippen LogP) is 3.75. The first kappa shape index (κ1) is 20.0. The van der Waals surface area contributed by atoms with E-state index in [2.05, 4.69) is 10.2 Å². The Balaban J connectivity index is 2.04. The zero-order valence-electron chi connectivity index (χ0n) is 16.3. The molecule has 0 spiro atoms. The number of rotatable bonds is 7. The highest BCUT2D eigenvalue weighted by molar-refractivity contribution is 7.89. The summed E-state index contributed by atoms with van der Waals surface area (Å²) in [4.78, 5) is 0.241. The van der Waals surface area contributed by atoms with Crippen LogP contribution in [0, 0.1) is 6.92 Å². The van der Waals surface area contributed by atoms with E-state index in [1.165, 1.54) is 4.31 Å². The van der Waals surface area contributed by atoms with Crippen LogP contribution in [0.25, 0.3) is 22.9 Å². The molecule has 0 bridgehead atoms. The minimum absolute atomic E-state index is 0.241. The second kappa shape index (κ2) is 8.12. The van der Waals surface area contributed by atoms with Gasteiger partial charge in [0.15, 0.2) is 0 Å². The average molecular weight is 401 g/mol. The molecule has 0 radical (unpaired) electrons. The molecule has 28 heavy (non-hydrogen) atoms. The van der Waals surface area contributed by atoms with Gasteiger partial charge in [0, 0.05) is 18.7 Å². The molecule has 0 aliphatic rings. The van der Waals surface area contributed by atoms with Crippen LogP contribution in [0.2, 0.25) is 0 Å². The van der Waals surface area contributed by atoms with Crippen LogP contribution in [0.1, 0.15) is 19.4 Å². The summed E-state index contributed by atoms with van der Waals surface area (Å²) >= 11 is 0. The SMILES string of the molecule is CCN(CC)S(=O)(=O)c1cc(-c2nnc(-c3ccccc3OC)o2)ccc1C. The first-order valence-corrected chi connectivity index (χ1v) is 10.4. The minimum atomic E-state index is -3.59. The van der Waals surface area contributed by atoms with Crippen LogP contribution < -0.4 is 4.74 Å². The lowest BCUT2D eigenvalue weighted by atomic mass is 10.1. The molecule has 0 amide bonds. The van der Waals surface area contributed by atoms with E-state index in [0.29, 0.717) is 41.4 Å². The fraction of sp³-hybridized carbons (Fsp3) is 0.300. The number of aryl methyl sites for hydroxylation is 1. The highest BCUT2D eigenvalue weighted by Gasteiger charge is 2.25. The van der Waals surface area contributed by atoms with Crippen molar-refractivity contribution in [1.82, 2.24) is 14.5 Å². The molecule has 7 nitrogen and oxygen atoms in total. The molecule has 0 atom stereocenters. The monoisotopic (exact) mass is 401 g/mol. The third kappa shape index (κ3) is 3.65. The number of ether oxygens (including phenoxy) is 1. The van der Waals surface area contributed by atoms with E-state index >= 15 is 0 Å². The molecule has 3 rings (SSSR count). The Bertz CT molecular complexity index is 1070. The van der Waals surface area contributed by atoms with Crippen LogP contribution in [0.15, 0.2) is 51.8 Å². The lowest BCUT2D eigenvalue weighted by Crippen LogP contribution is -2.31. The Kier molecular flexibility index (Phi) is 5.81. The van der Waals surface area contributed by atoms with Crippen molar-refractivity contribution >= 4 is 10.0 Å². The lowest BCUT2D eigenvalue weighted by molar-refractivity contribution is 0.414. The number of aromatic nitrogens is 2. The molecule has 0 fully saturated rings. The highest BCUT2D eigenvalue weighted by Crippen LogP contribution is 2.32. The molecule has 148 valence electrons. The van der Waals surface area contributed by atoms with Crippen LogP contribution in [-0.4, -0.2) is 43.1 Å². The summed E-state index contributed by atoms with van der Waals surface area (Å²) < 4.78 is 38.5. The van der Waals surface area contributed by atoms with Gasteiger partial charge in [-0.05, 0) is 36.8 Å². The summed E-state index contributed by atoms with van der Waals surface area (Å²) in [5.74, 6) is 1.17. The van der Waals surface area contributed by atoms with Gasteiger partial charge in [0.05, 0.1) is 17.6 Å². The van der Waals surface area contributed by atoms with Crippen LogP contribution in [0.5, 0.6) is 5.75 Å². The van der Waals surface area contributed by atoms with Gasteiger partial charge in [0.2, 0.25) is 15.9 Å². The Hall–Kier alpha value is -2.71. The number of nitrogens with zero attached hydrogens (tertiary/aromatic N) is 3. The van der Waals surface area contributed by atoms with Gasteiger partial charge in [-0.15, -0.1) is 10.2 Å². The quantitative estimate of drug-likeness (QED) is 0.599. The second-order valence-electron chi connectivity index (χ2n) is 6.18. The fourth-order valence-electron chi connectivity index (χ4n) is 2.98. The van der Waals surface area contributed by atoms with Crippen molar-refractivity contribution in [2.45, 2.75) is 25.7 Å². The summed E-state index contributed by atoms with van der Waals surface area (Å²) in [5, 5.41) is 8.19. The molecule has 0 unspecified atom stereocenters. The topological polar surface area (TPSA) is 85.5 Å². The summed E-state index contributed by atoms with van der Waals surface area (Å²) in [6, 6.07) is 12.4. The van der Waals surface area contributed by atoms with Crippen molar-refractivity contribution < 1.29 is 17.6 Å². The van der Waals surface area contributed by atoms with Gasteiger partial charge in [-0.3, -0.25) is 0 Å². The molecular weight excluding hydrogens is 378 g/mol. The summed E-state index contributed by atoms with van der Waals surface area (Å²) in [5.41, 5.74) is 1.89. The van der Waals surface area contributed by atoms with Gasteiger partial charge in [-0.25, -0.2) is 8.42 Å². The van der Waals surface area contributed by atoms with Crippen LogP contribution in [0.4, 0.5) is 0 Å². The van der Waals surface area contributed by atoms with Gasteiger partial charge >= 0.3 is 0 Å². The fourth-order valence-corrected chi connectivity index (χ4v) is 4.69. The Morgan fingerprint density at radius 3 is 2.39 bits per heavy atom. The normalized spacial score (nSPS) is 11.8. The van der Waals surface area contributed by atoms with Crippen molar-refractivity contribution in [2.24, 2.45) is 0 Å². The van der Waals surface area contributed by atoms with E-state index < -0.39 is 10.0 Å². The molecule has 2 aromatic carbocycles. The number of methoxy groups -OCH3 is 1. The first-order valence-electron chi connectivity index (χ1n) is 9.00. The molecule has 0 saturated carbocycles. The molecule has 0 aliphatic carbocycles. The average Bonchev–Trinajstić information content (AvgIpc) is 3.19. The molecule has 0 saturated heterocycles. The van der Waals surface area contributed by atoms with Crippen molar-refractivity contribution in [3.05, 3.63) is 48.0 Å². The molecule has 8 heteroatoms. The van der Waals surface area contributed by atoms with Crippen LogP contribution in [0.3, 0.4) is 0 Å². The number of benzene rings is 2. The van der Waals surface area contributed by atoms with Crippen LogP contribution in [-0.2, 0) is 10.0 Å². The van der Waals surface area contributed by atoms with Gasteiger partial charge in [0.25, 0.3) is 5.89 Å². The predicted molar refractivity (Wildman–Crippen MR) is 107 cm³/mol. The van der Waals surface area contributed by atoms with Crippen molar-refractivity contribution in [3.63, 3.8) is 0 Å². The number of hydrogen-bond donors (Lipinski definition) is 0.